The summed E-state index contributed by atoms with van der Waals surface area (Å²) in [5.74, 6) is -8.16. The fraction of sp³-hybridized carbons (Fsp3) is 0.391. The van der Waals surface area contributed by atoms with Crippen LogP contribution in [0.25, 0.3) is 5.76 Å². The van der Waals surface area contributed by atoms with Crippen LogP contribution in [0.2, 0.25) is 0 Å². The van der Waals surface area contributed by atoms with Gasteiger partial charge in [0.1, 0.15) is 28.4 Å². The van der Waals surface area contributed by atoms with Gasteiger partial charge in [0, 0.05) is 37.7 Å². The van der Waals surface area contributed by atoms with E-state index in [9.17, 15) is 39.6 Å². The van der Waals surface area contributed by atoms with Gasteiger partial charge in [0.05, 0.1) is 12.7 Å². The molecule has 34 heavy (non-hydrogen) atoms. The SMILES string of the molecule is COC(=O)c1cc(N(C)C)c2c(c1O)C(O)=C1C(=O)[C@]3(O)C(O)=C(C(N)=O)C(=O)C[C@@H]3C[C@@H]1C2. The molecule has 1 saturated carbocycles. The van der Waals surface area contributed by atoms with Crippen LogP contribution in [0.3, 0.4) is 0 Å². The van der Waals surface area contributed by atoms with Gasteiger partial charge < -0.3 is 35.8 Å². The molecule has 3 atom stereocenters. The van der Waals surface area contributed by atoms with Gasteiger partial charge in [0.15, 0.2) is 11.4 Å². The maximum atomic E-state index is 13.5. The Kier molecular flexibility index (Phi) is 5.20. The summed E-state index contributed by atoms with van der Waals surface area (Å²) in [6.45, 7) is 0. The van der Waals surface area contributed by atoms with Crippen molar-refractivity contribution in [1.29, 1.82) is 0 Å². The summed E-state index contributed by atoms with van der Waals surface area (Å²) >= 11 is 0. The van der Waals surface area contributed by atoms with E-state index in [-0.39, 0.29) is 29.5 Å². The van der Waals surface area contributed by atoms with E-state index in [1.54, 1.807) is 19.0 Å². The minimum Gasteiger partial charge on any atom is -0.508 e. The summed E-state index contributed by atoms with van der Waals surface area (Å²) in [5.41, 5.74) is 1.94. The second-order valence-electron chi connectivity index (χ2n) is 8.94. The van der Waals surface area contributed by atoms with Gasteiger partial charge in [-0.25, -0.2) is 4.79 Å². The lowest BCUT2D eigenvalue weighted by Gasteiger charge is -2.46. The van der Waals surface area contributed by atoms with Gasteiger partial charge >= 0.3 is 5.97 Å². The van der Waals surface area contributed by atoms with Crippen molar-refractivity contribution in [3.05, 3.63) is 39.7 Å². The number of ether oxygens (including phenoxy) is 1. The number of Topliss-reactive ketones (excluding diaryl/α,β-unsaturated/α-hetero) is 2. The second-order valence-corrected chi connectivity index (χ2v) is 8.94. The maximum absolute atomic E-state index is 13.5. The molecule has 0 aliphatic heterocycles. The predicted molar refractivity (Wildman–Crippen MR) is 117 cm³/mol. The van der Waals surface area contributed by atoms with Crippen LogP contribution in [0.1, 0.15) is 34.3 Å². The first-order valence-electron chi connectivity index (χ1n) is 10.5. The molecule has 4 rings (SSSR count). The van der Waals surface area contributed by atoms with Crippen LogP contribution < -0.4 is 10.6 Å². The average molecular weight is 472 g/mol. The smallest absolute Gasteiger partial charge is 0.341 e. The van der Waals surface area contributed by atoms with Gasteiger partial charge in [0.2, 0.25) is 5.78 Å². The number of aromatic hydroxyl groups is 1. The highest BCUT2D eigenvalue weighted by Crippen LogP contribution is 2.53. The molecule has 1 fully saturated rings. The molecule has 0 spiro atoms. The van der Waals surface area contributed by atoms with Crippen LogP contribution in [0.15, 0.2) is 23.0 Å². The Hall–Kier alpha value is -3.86. The molecule has 11 nitrogen and oxygen atoms in total. The summed E-state index contributed by atoms with van der Waals surface area (Å²) in [7, 11) is 4.52. The van der Waals surface area contributed by atoms with Gasteiger partial charge in [-0.15, -0.1) is 0 Å². The fourth-order valence-corrected chi connectivity index (χ4v) is 5.33. The van der Waals surface area contributed by atoms with Gasteiger partial charge in [-0.1, -0.05) is 0 Å². The number of hydrogen-bond acceptors (Lipinski definition) is 10. The Morgan fingerprint density at radius 1 is 1.18 bits per heavy atom. The number of nitrogens with two attached hydrogens (primary N) is 1. The third kappa shape index (κ3) is 2.93. The number of benzene rings is 1. The number of fused-ring (bicyclic) bond motifs is 3. The number of ketones is 2. The number of nitrogens with zero attached hydrogens (tertiary/aromatic N) is 1. The summed E-state index contributed by atoms with van der Waals surface area (Å²) in [6.07, 6.45) is -0.235. The number of hydrogen-bond donors (Lipinski definition) is 5. The first-order valence-corrected chi connectivity index (χ1v) is 10.5. The van der Waals surface area contributed by atoms with Crippen molar-refractivity contribution in [1.82, 2.24) is 0 Å². The van der Waals surface area contributed by atoms with E-state index in [0.29, 0.717) is 11.3 Å². The lowest BCUT2D eigenvalue weighted by atomic mass is 9.59. The molecule has 180 valence electrons. The van der Waals surface area contributed by atoms with E-state index in [4.69, 9.17) is 10.5 Å². The fourth-order valence-electron chi connectivity index (χ4n) is 5.33. The number of esters is 1. The third-order valence-electron chi connectivity index (χ3n) is 6.93. The Morgan fingerprint density at radius 2 is 1.82 bits per heavy atom. The first kappa shape index (κ1) is 23.3. The molecule has 0 heterocycles. The zero-order valence-corrected chi connectivity index (χ0v) is 18.7. The second kappa shape index (κ2) is 7.59. The molecule has 1 aromatic rings. The molecule has 0 saturated heterocycles. The van der Waals surface area contributed by atoms with Crippen molar-refractivity contribution < 1.29 is 44.3 Å². The number of methoxy groups -OCH3 is 1. The quantitative estimate of drug-likeness (QED) is 0.302. The van der Waals surface area contributed by atoms with Crippen molar-refractivity contribution in [2.24, 2.45) is 17.6 Å². The number of aliphatic hydroxyl groups excluding tert-OH is 2. The number of amides is 1. The van der Waals surface area contributed by atoms with Crippen LogP contribution >= 0.6 is 0 Å². The number of phenols is 1. The van der Waals surface area contributed by atoms with E-state index < -0.39 is 70.1 Å². The molecule has 0 aromatic heterocycles. The number of phenolic OH excluding ortho intramolecular Hbond substituents is 1. The van der Waals surface area contributed by atoms with Gasteiger partial charge in [-0.05, 0) is 30.4 Å². The molecule has 1 amide bonds. The van der Waals surface area contributed by atoms with E-state index in [0.717, 1.165) is 7.11 Å². The van der Waals surface area contributed by atoms with Crippen molar-refractivity contribution in [3.8, 4) is 5.75 Å². The lowest BCUT2D eigenvalue weighted by molar-refractivity contribution is -0.147. The summed E-state index contributed by atoms with van der Waals surface area (Å²) in [6, 6.07) is 1.41. The molecule has 11 heteroatoms. The maximum Gasteiger partial charge on any atom is 0.341 e. The normalized spacial score (nSPS) is 26.0. The monoisotopic (exact) mass is 472 g/mol. The Labute approximate surface area is 193 Å². The van der Waals surface area contributed by atoms with Gasteiger partial charge in [-0.3, -0.25) is 14.4 Å². The van der Waals surface area contributed by atoms with Crippen LogP contribution in [-0.4, -0.2) is 70.7 Å². The molecular weight excluding hydrogens is 448 g/mol. The van der Waals surface area contributed by atoms with E-state index in [1.807, 2.05) is 0 Å². The molecule has 3 aliphatic carbocycles. The highest BCUT2D eigenvalue weighted by atomic mass is 16.5. The number of carbonyl (C=O) groups is 4. The standard InChI is InChI=1S/C23H24N2O9/c1-25(2)12-7-11(22(32)34-3)17(27)15-10(12)5-8-4-9-6-13(26)16(21(24)31)20(30)23(9,33)19(29)14(8)18(15)28/h7-9,27-28,30,33H,4-6H2,1-3H3,(H2,24,31)/t8-,9+,23+/m1/s1. The number of primary amides is 1. The van der Waals surface area contributed by atoms with Crippen molar-refractivity contribution in [2.75, 3.05) is 26.1 Å². The zero-order chi connectivity index (χ0) is 25.3. The third-order valence-corrected chi connectivity index (χ3v) is 6.93. The Bertz CT molecular complexity index is 1240. The Balaban J connectivity index is 1.99. The first-order chi connectivity index (χ1) is 15.9. The molecule has 3 aliphatic rings. The van der Waals surface area contributed by atoms with E-state index in [2.05, 4.69) is 0 Å². The molecule has 0 unspecified atom stereocenters. The molecule has 6 N–H and O–H groups in total. The number of rotatable bonds is 3. The summed E-state index contributed by atoms with van der Waals surface area (Å²) in [4.78, 5) is 51.5. The zero-order valence-electron chi connectivity index (χ0n) is 18.7. The molecule has 0 bridgehead atoms. The molecular formula is C23H24N2O9. The average Bonchev–Trinajstić information content (AvgIpc) is 2.75. The number of carbonyl (C=O) groups excluding carboxylic acids is 4. The summed E-state index contributed by atoms with van der Waals surface area (Å²) in [5, 5.41) is 43.9. The van der Waals surface area contributed by atoms with E-state index >= 15 is 0 Å². The summed E-state index contributed by atoms with van der Waals surface area (Å²) < 4.78 is 4.71. The van der Waals surface area contributed by atoms with Crippen LogP contribution in [0.4, 0.5) is 5.69 Å². The minimum atomic E-state index is -2.64. The highest BCUT2D eigenvalue weighted by molar-refractivity contribution is 6.22. The van der Waals surface area contributed by atoms with Gasteiger partial charge in [0.25, 0.3) is 5.91 Å². The highest BCUT2D eigenvalue weighted by Gasteiger charge is 2.60. The molecule has 1 aromatic carbocycles. The topological polar surface area (TPSA) is 188 Å². The van der Waals surface area contributed by atoms with Crippen LogP contribution in [-0.2, 0) is 25.5 Å². The minimum absolute atomic E-state index is 0.0231. The van der Waals surface area contributed by atoms with Crippen LogP contribution in [0, 0.1) is 11.8 Å². The number of aliphatic hydroxyl groups is 3. The predicted octanol–water partition coefficient (Wildman–Crippen LogP) is 0.276. The lowest BCUT2D eigenvalue weighted by Crippen LogP contribution is -2.58. The van der Waals surface area contributed by atoms with E-state index in [1.165, 1.54) is 6.07 Å². The number of anilines is 1. The van der Waals surface area contributed by atoms with Crippen molar-refractivity contribution in [2.45, 2.75) is 24.9 Å². The molecule has 0 radical (unpaired) electrons. The van der Waals surface area contributed by atoms with Gasteiger partial charge in [-0.2, -0.15) is 0 Å². The van der Waals surface area contributed by atoms with Crippen molar-refractivity contribution in [3.63, 3.8) is 0 Å². The Morgan fingerprint density at radius 3 is 2.38 bits per heavy atom. The largest absolute Gasteiger partial charge is 0.508 e. The van der Waals surface area contributed by atoms with Crippen LogP contribution in [0.5, 0.6) is 5.75 Å². The van der Waals surface area contributed by atoms with Crippen molar-refractivity contribution >= 4 is 34.9 Å².